The molecule has 1 saturated heterocycles. The maximum Gasteiger partial charge on any atom is 0.410 e. The van der Waals surface area contributed by atoms with E-state index in [4.69, 9.17) is 9.72 Å². The quantitative estimate of drug-likeness (QED) is 0.585. The summed E-state index contributed by atoms with van der Waals surface area (Å²) in [5.41, 5.74) is 3.24. The summed E-state index contributed by atoms with van der Waals surface area (Å²) >= 11 is 0. The molecule has 35 heavy (non-hydrogen) atoms. The number of aryl methyl sites for hydroxylation is 1. The fraction of sp³-hybridized carbons (Fsp3) is 0.679. The molecule has 1 saturated carbocycles. The fourth-order valence-electron chi connectivity index (χ4n) is 5.44. The number of carbonyl (C=O) groups excluding carboxylic acids is 2. The molecule has 4 rings (SSSR count). The van der Waals surface area contributed by atoms with Crippen LogP contribution in [0.3, 0.4) is 0 Å². The van der Waals surface area contributed by atoms with Gasteiger partial charge in [0, 0.05) is 37.2 Å². The second kappa shape index (κ2) is 10.2. The Morgan fingerprint density at radius 3 is 2.37 bits per heavy atom. The molecule has 2 amide bonds. The molecule has 1 aliphatic carbocycles. The first kappa shape index (κ1) is 25.5. The predicted molar refractivity (Wildman–Crippen MR) is 139 cm³/mol. The second-order valence-electron chi connectivity index (χ2n) is 11.8. The molecule has 0 radical (unpaired) electrons. The molecule has 7 heteroatoms. The number of hydrogen-bond donors (Lipinski definition) is 1. The van der Waals surface area contributed by atoms with Gasteiger partial charge in [0.1, 0.15) is 11.4 Å². The number of benzene rings is 1. The van der Waals surface area contributed by atoms with E-state index in [0.717, 1.165) is 36.0 Å². The van der Waals surface area contributed by atoms with Gasteiger partial charge in [-0.3, -0.25) is 4.79 Å². The maximum atomic E-state index is 13.3. The van der Waals surface area contributed by atoms with E-state index in [1.807, 2.05) is 33.8 Å². The SMILES string of the molecule is Cc1c(C(=O)NC2CCN(C(=O)OC(C)(C)C)CC2)ccc2c1nc(C1CCCC1)n2CC(C)C. The Hall–Kier alpha value is -2.57. The van der Waals surface area contributed by atoms with Crippen LogP contribution in [0.1, 0.15) is 101 Å². The van der Waals surface area contributed by atoms with Gasteiger partial charge < -0.3 is 19.5 Å². The first-order chi connectivity index (χ1) is 16.5. The van der Waals surface area contributed by atoms with Crippen LogP contribution in [0.5, 0.6) is 0 Å². The van der Waals surface area contributed by atoms with Crippen LogP contribution in [0.4, 0.5) is 4.79 Å². The third-order valence-corrected chi connectivity index (χ3v) is 7.20. The normalized spacial score (nSPS) is 18.0. The number of piperidine rings is 1. The van der Waals surface area contributed by atoms with Crippen molar-refractivity contribution >= 4 is 23.0 Å². The number of nitrogens with zero attached hydrogens (tertiary/aromatic N) is 3. The monoisotopic (exact) mass is 482 g/mol. The maximum absolute atomic E-state index is 13.3. The van der Waals surface area contributed by atoms with Gasteiger partial charge in [-0.2, -0.15) is 0 Å². The van der Waals surface area contributed by atoms with Crippen LogP contribution in [-0.4, -0.2) is 51.2 Å². The Kier molecular flexibility index (Phi) is 7.43. The second-order valence-corrected chi connectivity index (χ2v) is 11.8. The summed E-state index contributed by atoms with van der Waals surface area (Å²) in [7, 11) is 0. The number of imidazole rings is 1. The van der Waals surface area contributed by atoms with Crippen LogP contribution in [0.25, 0.3) is 11.0 Å². The van der Waals surface area contributed by atoms with Crippen molar-refractivity contribution < 1.29 is 14.3 Å². The highest BCUT2D eigenvalue weighted by molar-refractivity contribution is 6.00. The van der Waals surface area contributed by atoms with Gasteiger partial charge in [-0.15, -0.1) is 0 Å². The van der Waals surface area contributed by atoms with Gasteiger partial charge >= 0.3 is 6.09 Å². The molecule has 2 fully saturated rings. The highest BCUT2D eigenvalue weighted by Crippen LogP contribution is 2.36. The molecule has 2 aliphatic rings. The molecular formula is C28H42N4O3. The number of amides is 2. The topological polar surface area (TPSA) is 76.5 Å². The van der Waals surface area contributed by atoms with Crippen molar-refractivity contribution in [3.63, 3.8) is 0 Å². The molecule has 2 aromatic rings. The highest BCUT2D eigenvalue weighted by Gasteiger charge is 2.29. The molecule has 1 aliphatic heterocycles. The number of fused-ring (bicyclic) bond motifs is 1. The number of hydrogen-bond acceptors (Lipinski definition) is 4. The highest BCUT2D eigenvalue weighted by atomic mass is 16.6. The Bertz CT molecular complexity index is 1070. The molecule has 0 unspecified atom stereocenters. The molecule has 0 spiro atoms. The molecule has 1 aromatic carbocycles. The molecule has 1 aromatic heterocycles. The van der Waals surface area contributed by atoms with Gasteiger partial charge in [-0.25, -0.2) is 9.78 Å². The summed E-state index contributed by atoms with van der Waals surface area (Å²) in [6.45, 7) is 14.3. The lowest BCUT2D eigenvalue weighted by molar-refractivity contribution is 0.0199. The van der Waals surface area contributed by atoms with Gasteiger partial charge in [0.15, 0.2) is 0 Å². The van der Waals surface area contributed by atoms with Gasteiger partial charge in [0.05, 0.1) is 11.0 Å². The van der Waals surface area contributed by atoms with Crippen LogP contribution in [0, 0.1) is 12.8 Å². The van der Waals surface area contributed by atoms with E-state index in [-0.39, 0.29) is 18.0 Å². The predicted octanol–water partition coefficient (Wildman–Crippen LogP) is 5.79. The Morgan fingerprint density at radius 1 is 1.11 bits per heavy atom. The van der Waals surface area contributed by atoms with Crippen LogP contribution < -0.4 is 5.32 Å². The molecule has 1 N–H and O–H groups in total. The lowest BCUT2D eigenvalue weighted by Gasteiger charge is -2.33. The van der Waals surface area contributed by atoms with Crippen molar-refractivity contribution in [3.8, 4) is 0 Å². The lowest BCUT2D eigenvalue weighted by Crippen LogP contribution is -2.47. The van der Waals surface area contributed by atoms with E-state index in [9.17, 15) is 9.59 Å². The fourth-order valence-corrected chi connectivity index (χ4v) is 5.44. The molecule has 192 valence electrons. The Balaban J connectivity index is 1.48. The van der Waals surface area contributed by atoms with E-state index in [2.05, 4.69) is 29.8 Å². The minimum atomic E-state index is -0.502. The van der Waals surface area contributed by atoms with Crippen LogP contribution >= 0.6 is 0 Å². The zero-order valence-electron chi connectivity index (χ0n) is 22.3. The van der Waals surface area contributed by atoms with Crippen molar-refractivity contribution in [2.24, 2.45) is 5.92 Å². The zero-order chi connectivity index (χ0) is 25.3. The van der Waals surface area contributed by atoms with Crippen LogP contribution in [-0.2, 0) is 11.3 Å². The molecule has 7 nitrogen and oxygen atoms in total. The summed E-state index contributed by atoms with van der Waals surface area (Å²) in [6.07, 6.45) is 6.12. The van der Waals surface area contributed by atoms with E-state index in [1.54, 1.807) is 4.90 Å². The Labute approximate surface area is 209 Å². The van der Waals surface area contributed by atoms with Gasteiger partial charge in [-0.1, -0.05) is 26.7 Å². The van der Waals surface area contributed by atoms with Crippen molar-refractivity contribution in [1.82, 2.24) is 19.8 Å². The van der Waals surface area contributed by atoms with Gasteiger partial charge in [0.25, 0.3) is 5.91 Å². The minimum absolute atomic E-state index is 0.0452. The minimum Gasteiger partial charge on any atom is -0.444 e. The van der Waals surface area contributed by atoms with Crippen LogP contribution in [0.2, 0.25) is 0 Å². The number of aromatic nitrogens is 2. The Morgan fingerprint density at radius 2 is 1.77 bits per heavy atom. The van der Waals surface area contributed by atoms with Crippen molar-refractivity contribution in [2.45, 2.75) is 104 Å². The standard InChI is InChI=1S/C28H42N4O3/c1-18(2)17-32-23-12-11-22(19(3)24(23)30-25(32)20-9-7-8-10-20)26(33)29-21-13-15-31(16-14-21)27(34)35-28(4,5)6/h11-12,18,20-21H,7-10,13-17H2,1-6H3,(H,29,33). The number of nitrogens with one attached hydrogen (secondary N) is 1. The van der Waals surface area contributed by atoms with Crippen LogP contribution in [0.15, 0.2) is 12.1 Å². The first-order valence-corrected chi connectivity index (χ1v) is 13.3. The molecular weight excluding hydrogens is 440 g/mol. The average molecular weight is 483 g/mol. The number of likely N-dealkylation sites (tertiary alicyclic amines) is 1. The van der Waals surface area contributed by atoms with E-state index in [0.29, 0.717) is 30.5 Å². The van der Waals surface area contributed by atoms with Crippen molar-refractivity contribution in [1.29, 1.82) is 0 Å². The van der Waals surface area contributed by atoms with E-state index in [1.165, 1.54) is 31.5 Å². The summed E-state index contributed by atoms with van der Waals surface area (Å²) in [5, 5.41) is 3.20. The van der Waals surface area contributed by atoms with E-state index < -0.39 is 5.60 Å². The summed E-state index contributed by atoms with van der Waals surface area (Å²) < 4.78 is 7.88. The summed E-state index contributed by atoms with van der Waals surface area (Å²) in [4.78, 5) is 32.4. The zero-order valence-corrected chi connectivity index (χ0v) is 22.3. The summed E-state index contributed by atoms with van der Waals surface area (Å²) in [5.74, 6) is 2.19. The first-order valence-electron chi connectivity index (χ1n) is 13.3. The smallest absolute Gasteiger partial charge is 0.410 e. The number of ether oxygens (including phenoxy) is 1. The average Bonchev–Trinajstić information content (AvgIpc) is 3.42. The third kappa shape index (κ3) is 5.81. The lowest BCUT2D eigenvalue weighted by atomic mass is 10.0. The third-order valence-electron chi connectivity index (χ3n) is 7.20. The van der Waals surface area contributed by atoms with Crippen molar-refractivity contribution in [2.75, 3.05) is 13.1 Å². The van der Waals surface area contributed by atoms with Crippen molar-refractivity contribution in [3.05, 3.63) is 29.1 Å². The molecule has 0 atom stereocenters. The number of carbonyl (C=O) groups is 2. The van der Waals surface area contributed by atoms with Gasteiger partial charge in [-0.05, 0) is 77.0 Å². The molecule has 0 bridgehead atoms. The van der Waals surface area contributed by atoms with Gasteiger partial charge in [0.2, 0.25) is 0 Å². The molecule has 2 heterocycles. The van der Waals surface area contributed by atoms with E-state index >= 15 is 0 Å². The largest absolute Gasteiger partial charge is 0.444 e. The summed E-state index contributed by atoms with van der Waals surface area (Å²) in [6, 6.07) is 4.08. The number of rotatable bonds is 5.